The van der Waals surface area contributed by atoms with Gasteiger partial charge in [-0.25, -0.2) is 0 Å². The predicted molar refractivity (Wildman–Crippen MR) is 91.9 cm³/mol. The molecule has 6 heteroatoms. The molecule has 0 aliphatic heterocycles. The summed E-state index contributed by atoms with van der Waals surface area (Å²) in [7, 11) is 0. The normalized spacial score (nSPS) is 14.9. The topological polar surface area (TPSA) is 105 Å². The van der Waals surface area contributed by atoms with Gasteiger partial charge in [-0.05, 0) is 43.7 Å². The van der Waals surface area contributed by atoms with Crippen molar-refractivity contribution < 1.29 is 14.7 Å². The smallest absolute Gasteiger partial charge is 0.303 e. The Bertz CT molecular complexity index is 788. The molecule has 24 heavy (non-hydrogen) atoms. The second-order valence-corrected chi connectivity index (χ2v) is 6.16. The summed E-state index contributed by atoms with van der Waals surface area (Å²) in [5, 5.41) is 12.6. The van der Waals surface area contributed by atoms with Crippen molar-refractivity contribution in [1.29, 1.82) is 0 Å². The number of hydrogen-bond acceptors (Lipinski definition) is 4. The summed E-state index contributed by atoms with van der Waals surface area (Å²) in [5.74, 6) is -1.30. The Hall–Kier alpha value is -2.47. The molecule has 1 unspecified atom stereocenters. The summed E-state index contributed by atoms with van der Waals surface area (Å²) >= 11 is 0. The number of carboxylic acids is 1. The van der Waals surface area contributed by atoms with Crippen molar-refractivity contribution >= 4 is 28.5 Å². The minimum Gasteiger partial charge on any atom is -0.481 e. The van der Waals surface area contributed by atoms with Gasteiger partial charge in [-0.2, -0.15) is 0 Å². The van der Waals surface area contributed by atoms with Crippen LogP contribution in [0.4, 0.5) is 5.69 Å². The van der Waals surface area contributed by atoms with Crippen LogP contribution in [0.1, 0.15) is 36.9 Å². The molecule has 1 amide bonds. The lowest BCUT2D eigenvalue weighted by atomic mass is 9.92. The van der Waals surface area contributed by atoms with Gasteiger partial charge in [-0.3, -0.25) is 14.6 Å². The van der Waals surface area contributed by atoms with Crippen molar-refractivity contribution in [2.75, 3.05) is 5.32 Å². The highest BCUT2D eigenvalue weighted by atomic mass is 16.4. The summed E-state index contributed by atoms with van der Waals surface area (Å²) in [6.07, 6.45) is 3.96. The Kier molecular flexibility index (Phi) is 4.76. The van der Waals surface area contributed by atoms with Crippen molar-refractivity contribution in [2.45, 2.75) is 44.6 Å². The number of hydrogen-bond donors (Lipinski definition) is 3. The number of para-hydroxylation sites is 1. The lowest BCUT2D eigenvalue weighted by Crippen LogP contribution is -2.36. The second-order valence-electron chi connectivity index (χ2n) is 6.16. The SMILES string of the molecule is NC(CCC(=O)O)C(=O)Nc1c2c(nc3ccccc13)CCCC2. The van der Waals surface area contributed by atoms with E-state index < -0.39 is 12.0 Å². The zero-order valence-corrected chi connectivity index (χ0v) is 13.4. The van der Waals surface area contributed by atoms with Gasteiger partial charge in [0, 0.05) is 17.5 Å². The van der Waals surface area contributed by atoms with Crippen LogP contribution in [0.2, 0.25) is 0 Å². The van der Waals surface area contributed by atoms with E-state index in [0.717, 1.165) is 53.5 Å². The first-order valence-corrected chi connectivity index (χ1v) is 8.25. The van der Waals surface area contributed by atoms with Gasteiger partial charge < -0.3 is 16.2 Å². The average Bonchev–Trinajstić information content (AvgIpc) is 2.59. The number of carboxylic acid groups (broad SMARTS) is 1. The van der Waals surface area contributed by atoms with Gasteiger partial charge in [-0.1, -0.05) is 18.2 Å². The second kappa shape index (κ2) is 6.97. The van der Waals surface area contributed by atoms with Gasteiger partial charge in [0.25, 0.3) is 0 Å². The number of pyridine rings is 1. The molecule has 6 nitrogen and oxygen atoms in total. The van der Waals surface area contributed by atoms with Gasteiger partial charge in [0.05, 0.1) is 17.2 Å². The maximum atomic E-state index is 12.4. The Balaban J connectivity index is 1.93. The molecule has 4 N–H and O–H groups in total. The van der Waals surface area contributed by atoms with Crippen LogP contribution in [0.15, 0.2) is 24.3 Å². The van der Waals surface area contributed by atoms with Crippen molar-refractivity contribution in [3.05, 3.63) is 35.5 Å². The summed E-state index contributed by atoms with van der Waals surface area (Å²) in [4.78, 5) is 27.8. The van der Waals surface area contributed by atoms with E-state index in [4.69, 9.17) is 15.8 Å². The third-order valence-corrected chi connectivity index (χ3v) is 4.42. The van der Waals surface area contributed by atoms with Crippen LogP contribution < -0.4 is 11.1 Å². The van der Waals surface area contributed by atoms with E-state index >= 15 is 0 Å². The van der Waals surface area contributed by atoms with Gasteiger partial charge >= 0.3 is 5.97 Å². The summed E-state index contributed by atoms with van der Waals surface area (Å²) in [6.45, 7) is 0. The third kappa shape index (κ3) is 3.38. The van der Waals surface area contributed by atoms with E-state index in [9.17, 15) is 9.59 Å². The minimum atomic E-state index is -0.954. The van der Waals surface area contributed by atoms with Crippen molar-refractivity contribution in [3.8, 4) is 0 Å². The van der Waals surface area contributed by atoms with Crippen LogP contribution in [-0.4, -0.2) is 28.0 Å². The first-order valence-electron chi connectivity index (χ1n) is 8.25. The number of nitrogens with two attached hydrogens (primary N) is 1. The van der Waals surface area contributed by atoms with E-state index in [1.807, 2.05) is 24.3 Å². The number of fused-ring (bicyclic) bond motifs is 2. The Morgan fingerprint density at radius 1 is 1.25 bits per heavy atom. The van der Waals surface area contributed by atoms with E-state index in [0.29, 0.717) is 0 Å². The number of nitrogens with zero attached hydrogens (tertiary/aromatic N) is 1. The lowest BCUT2D eigenvalue weighted by Gasteiger charge is -2.22. The lowest BCUT2D eigenvalue weighted by molar-refractivity contribution is -0.137. The van der Waals surface area contributed by atoms with Gasteiger partial charge in [-0.15, -0.1) is 0 Å². The molecule has 0 saturated carbocycles. The van der Waals surface area contributed by atoms with Crippen molar-refractivity contribution in [3.63, 3.8) is 0 Å². The van der Waals surface area contributed by atoms with Crippen LogP contribution in [0.3, 0.4) is 0 Å². The highest BCUT2D eigenvalue weighted by Gasteiger charge is 2.22. The molecule has 0 saturated heterocycles. The number of anilines is 1. The number of aryl methyl sites for hydroxylation is 1. The third-order valence-electron chi connectivity index (χ3n) is 4.42. The standard InChI is InChI=1S/C18H21N3O3/c19-13(9-10-16(22)23)18(24)21-17-11-5-1-3-7-14(11)20-15-8-4-2-6-12(15)17/h1,3,5,7,13H,2,4,6,8-10,19H2,(H,22,23)(H,20,21,24). The number of aliphatic carboxylic acids is 1. The largest absolute Gasteiger partial charge is 0.481 e. The average molecular weight is 327 g/mol. The van der Waals surface area contributed by atoms with Gasteiger partial charge in [0.1, 0.15) is 0 Å². The Labute approximate surface area is 140 Å². The first kappa shape index (κ1) is 16.4. The molecule has 1 aromatic carbocycles. The fourth-order valence-corrected chi connectivity index (χ4v) is 3.14. The monoisotopic (exact) mass is 327 g/mol. The highest BCUT2D eigenvalue weighted by molar-refractivity contribution is 6.04. The predicted octanol–water partition coefficient (Wildman–Crippen LogP) is 2.24. The highest BCUT2D eigenvalue weighted by Crippen LogP contribution is 2.33. The molecule has 0 spiro atoms. The van der Waals surface area contributed by atoms with Crippen LogP contribution in [0, 0.1) is 0 Å². The molecule has 1 aromatic heterocycles. The number of aromatic nitrogens is 1. The molecule has 2 aromatic rings. The summed E-state index contributed by atoms with van der Waals surface area (Å²) in [5.41, 5.74) is 9.60. The minimum absolute atomic E-state index is 0.117. The number of carbonyl (C=O) groups excluding carboxylic acids is 1. The zero-order valence-electron chi connectivity index (χ0n) is 13.4. The van der Waals surface area contributed by atoms with Crippen LogP contribution in [-0.2, 0) is 22.4 Å². The molecule has 3 rings (SSSR count). The van der Waals surface area contributed by atoms with Crippen LogP contribution in [0.25, 0.3) is 10.9 Å². The molecule has 0 fully saturated rings. The Morgan fingerprint density at radius 2 is 2.00 bits per heavy atom. The molecule has 0 radical (unpaired) electrons. The zero-order chi connectivity index (χ0) is 17.1. The number of nitrogens with one attached hydrogen (secondary N) is 1. The summed E-state index contributed by atoms with van der Waals surface area (Å²) < 4.78 is 0. The number of rotatable bonds is 5. The molecule has 126 valence electrons. The van der Waals surface area contributed by atoms with E-state index in [1.54, 1.807) is 0 Å². The molecule has 0 bridgehead atoms. The molecule has 1 aliphatic carbocycles. The first-order chi connectivity index (χ1) is 11.6. The number of amides is 1. The van der Waals surface area contributed by atoms with Gasteiger partial charge in [0.2, 0.25) is 5.91 Å². The quantitative estimate of drug-likeness (QED) is 0.781. The van der Waals surface area contributed by atoms with Crippen LogP contribution >= 0.6 is 0 Å². The molecule has 1 aliphatic rings. The summed E-state index contributed by atoms with van der Waals surface area (Å²) in [6, 6.07) is 6.88. The van der Waals surface area contributed by atoms with E-state index in [1.165, 1.54) is 0 Å². The van der Waals surface area contributed by atoms with E-state index in [2.05, 4.69) is 5.32 Å². The fraction of sp³-hybridized carbons (Fsp3) is 0.389. The fourth-order valence-electron chi connectivity index (χ4n) is 3.14. The van der Waals surface area contributed by atoms with E-state index in [-0.39, 0.29) is 18.7 Å². The maximum Gasteiger partial charge on any atom is 0.303 e. The Morgan fingerprint density at radius 3 is 2.79 bits per heavy atom. The van der Waals surface area contributed by atoms with Crippen molar-refractivity contribution in [1.82, 2.24) is 4.98 Å². The molecule has 1 atom stereocenters. The number of carbonyl (C=O) groups is 2. The van der Waals surface area contributed by atoms with Crippen LogP contribution in [0.5, 0.6) is 0 Å². The molecular weight excluding hydrogens is 306 g/mol. The number of benzene rings is 1. The van der Waals surface area contributed by atoms with Gasteiger partial charge in [0.15, 0.2) is 0 Å². The van der Waals surface area contributed by atoms with Crippen molar-refractivity contribution in [2.24, 2.45) is 5.73 Å². The maximum absolute atomic E-state index is 12.4. The molecular formula is C18H21N3O3. The molecule has 1 heterocycles.